The summed E-state index contributed by atoms with van der Waals surface area (Å²) in [7, 11) is 0. The summed E-state index contributed by atoms with van der Waals surface area (Å²) in [5, 5.41) is 11.5. The summed E-state index contributed by atoms with van der Waals surface area (Å²) < 4.78 is 7.18. The third kappa shape index (κ3) is 4.42. The maximum atomic E-state index is 11.3. The highest BCUT2D eigenvalue weighted by molar-refractivity contribution is 7.22. The van der Waals surface area contributed by atoms with Gasteiger partial charge in [0.25, 0.3) is 0 Å². The number of nitrogens with one attached hydrogen (secondary N) is 1. The van der Waals surface area contributed by atoms with Gasteiger partial charge in [-0.15, -0.1) is 0 Å². The van der Waals surface area contributed by atoms with Crippen LogP contribution >= 0.6 is 34.3 Å². The Kier molecular flexibility index (Phi) is 5.60. The predicted octanol–water partition coefficient (Wildman–Crippen LogP) is 5.04. The summed E-state index contributed by atoms with van der Waals surface area (Å²) in [5.41, 5.74) is 1.98. The number of aromatic amines is 1. The molecule has 1 aliphatic heterocycles. The number of thiazole rings is 2. The van der Waals surface area contributed by atoms with Crippen molar-refractivity contribution in [1.82, 2.24) is 9.97 Å². The number of fused-ring (bicyclic) bond motifs is 1. The standard InChI is InChI=1S/C22H20ClN3O3S2/c23-14-5-8-17-18(11-14)30-21(24-17)26-9-1-2-15(26)12-29-16-6-3-13(4-7-16)10-19-20(27)25-22(28)31-19/h3-8,11,15,27H,1-2,9-10,12H2,(H,25,28)/t15-/m0/s1. The van der Waals surface area contributed by atoms with Crippen LogP contribution in [0.15, 0.2) is 47.3 Å². The second-order valence-corrected chi connectivity index (χ2v) is 10.0. The summed E-state index contributed by atoms with van der Waals surface area (Å²) in [4.78, 5) is 21.2. The second-order valence-electron chi connectivity index (χ2n) is 7.52. The van der Waals surface area contributed by atoms with E-state index in [1.165, 1.54) is 0 Å². The van der Waals surface area contributed by atoms with E-state index in [9.17, 15) is 9.90 Å². The number of ether oxygens (including phenoxy) is 1. The third-order valence-corrected chi connectivity index (χ3v) is 7.55. The Morgan fingerprint density at radius 1 is 1.23 bits per heavy atom. The average molecular weight is 474 g/mol. The number of aromatic nitrogens is 2. The summed E-state index contributed by atoms with van der Waals surface area (Å²) >= 11 is 8.82. The van der Waals surface area contributed by atoms with Gasteiger partial charge in [-0.2, -0.15) is 0 Å². The molecule has 3 heterocycles. The lowest BCUT2D eigenvalue weighted by Gasteiger charge is -2.24. The topological polar surface area (TPSA) is 78.5 Å². The van der Waals surface area contributed by atoms with Gasteiger partial charge in [-0.05, 0) is 48.7 Å². The molecule has 0 spiro atoms. The Labute approximate surface area is 191 Å². The van der Waals surface area contributed by atoms with Gasteiger partial charge in [-0.1, -0.05) is 46.4 Å². The van der Waals surface area contributed by atoms with Crippen LogP contribution in [0.4, 0.5) is 5.13 Å². The molecule has 0 amide bonds. The van der Waals surface area contributed by atoms with E-state index in [1.807, 2.05) is 42.5 Å². The van der Waals surface area contributed by atoms with Crippen LogP contribution < -0.4 is 14.5 Å². The molecule has 2 N–H and O–H groups in total. The Bertz CT molecular complexity index is 1270. The summed E-state index contributed by atoms with van der Waals surface area (Å²) in [6, 6.07) is 13.9. The fraction of sp³-hybridized carbons (Fsp3) is 0.273. The maximum Gasteiger partial charge on any atom is 0.307 e. The molecule has 9 heteroatoms. The SMILES string of the molecule is O=c1[nH]c(O)c(Cc2ccc(OC[C@@H]3CCCN3c3nc4ccc(Cl)cc4s3)cc2)s1. The Morgan fingerprint density at radius 2 is 2.06 bits per heavy atom. The number of rotatable bonds is 6. The first-order valence-electron chi connectivity index (χ1n) is 10.0. The number of benzene rings is 2. The molecule has 0 bridgehead atoms. The lowest BCUT2D eigenvalue weighted by molar-refractivity contribution is 0.288. The van der Waals surface area contributed by atoms with E-state index in [0.717, 1.165) is 62.4 Å². The molecule has 1 saturated heterocycles. The first-order chi connectivity index (χ1) is 15.0. The molecule has 6 nitrogen and oxygen atoms in total. The zero-order valence-corrected chi connectivity index (χ0v) is 18.9. The summed E-state index contributed by atoms with van der Waals surface area (Å²) in [5.74, 6) is 0.756. The monoisotopic (exact) mass is 473 g/mol. The van der Waals surface area contributed by atoms with Gasteiger partial charge >= 0.3 is 4.87 Å². The lowest BCUT2D eigenvalue weighted by atomic mass is 10.1. The molecule has 0 saturated carbocycles. The number of H-pyrrole nitrogens is 1. The molecular weight excluding hydrogens is 454 g/mol. The van der Waals surface area contributed by atoms with Gasteiger partial charge in [0, 0.05) is 18.0 Å². The van der Waals surface area contributed by atoms with Crippen molar-refractivity contribution in [3.05, 3.63) is 67.6 Å². The average Bonchev–Trinajstić information content (AvgIpc) is 3.45. The number of aromatic hydroxyl groups is 1. The third-order valence-electron chi connectivity index (χ3n) is 5.39. The molecule has 1 aliphatic rings. The Morgan fingerprint density at radius 3 is 2.84 bits per heavy atom. The smallest absolute Gasteiger partial charge is 0.307 e. The molecule has 1 fully saturated rings. The van der Waals surface area contributed by atoms with Gasteiger partial charge in [0.1, 0.15) is 12.4 Å². The number of anilines is 1. The van der Waals surface area contributed by atoms with Crippen molar-refractivity contribution in [2.45, 2.75) is 25.3 Å². The molecule has 160 valence electrons. The van der Waals surface area contributed by atoms with E-state index in [-0.39, 0.29) is 16.8 Å². The van der Waals surface area contributed by atoms with E-state index < -0.39 is 0 Å². The van der Waals surface area contributed by atoms with Crippen LogP contribution in [-0.4, -0.2) is 34.3 Å². The zero-order valence-electron chi connectivity index (χ0n) is 16.5. The molecular formula is C22H20ClN3O3S2. The van der Waals surface area contributed by atoms with Crippen molar-refractivity contribution in [3.63, 3.8) is 0 Å². The van der Waals surface area contributed by atoms with Gasteiger partial charge in [0.15, 0.2) is 5.13 Å². The van der Waals surface area contributed by atoms with Gasteiger partial charge in [0.05, 0.1) is 21.1 Å². The predicted molar refractivity (Wildman–Crippen MR) is 126 cm³/mol. The van der Waals surface area contributed by atoms with Crippen LogP contribution in [0.25, 0.3) is 10.2 Å². The molecule has 0 radical (unpaired) electrons. The van der Waals surface area contributed by atoms with E-state index >= 15 is 0 Å². The fourth-order valence-corrected chi connectivity index (χ4v) is 5.92. The molecule has 0 unspecified atom stereocenters. The molecule has 5 rings (SSSR count). The van der Waals surface area contributed by atoms with Crippen LogP contribution in [0.5, 0.6) is 11.6 Å². The van der Waals surface area contributed by atoms with Gasteiger partial charge in [-0.3, -0.25) is 9.78 Å². The van der Waals surface area contributed by atoms with E-state index in [1.54, 1.807) is 11.3 Å². The first-order valence-corrected chi connectivity index (χ1v) is 12.0. The quantitative estimate of drug-likeness (QED) is 0.410. The highest BCUT2D eigenvalue weighted by Gasteiger charge is 2.27. The maximum absolute atomic E-state index is 11.3. The van der Waals surface area contributed by atoms with Crippen LogP contribution in [-0.2, 0) is 6.42 Å². The van der Waals surface area contributed by atoms with Crippen molar-refractivity contribution in [2.75, 3.05) is 18.1 Å². The van der Waals surface area contributed by atoms with Crippen molar-refractivity contribution < 1.29 is 9.84 Å². The molecule has 2 aromatic heterocycles. The lowest BCUT2D eigenvalue weighted by Crippen LogP contribution is -2.34. The van der Waals surface area contributed by atoms with Gasteiger partial charge in [0.2, 0.25) is 5.88 Å². The van der Waals surface area contributed by atoms with Crippen molar-refractivity contribution in [2.24, 2.45) is 0 Å². The summed E-state index contributed by atoms with van der Waals surface area (Å²) in [6.45, 7) is 1.57. The first kappa shape index (κ1) is 20.4. The second kappa shape index (κ2) is 8.53. The fourth-order valence-electron chi connectivity index (χ4n) is 3.82. The molecule has 31 heavy (non-hydrogen) atoms. The van der Waals surface area contributed by atoms with Crippen molar-refractivity contribution in [3.8, 4) is 11.6 Å². The largest absolute Gasteiger partial charge is 0.494 e. The minimum Gasteiger partial charge on any atom is -0.494 e. The number of halogens is 1. The normalized spacial score (nSPS) is 16.3. The summed E-state index contributed by atoms with van der Waals surface area (Å²) in [6.07, 6.45) is 2.70. The van der Waals surface area contributed by atoms with Gasteiger partial charge in [-0.25, -0.2) is 4.98 Å². The molecule has 1 atom stereocenters. The Hall–Kier alpha value is -2.55. The number of hydrogen-bond acceptors (Lipinski definition) is 7. The zero-order chi connectivity index (χ0) is 21.4. The Balaban J connectivity index is 1.23. The van der Waals surface area contributed by atoms with Crippen molar-refractivity contribution in [1.29, 1.82) is 0 Å². The molecule has 2 aromatic carbocycles. The minimum atomic E-state index is -0.246. The number of hydrogen-bond donors (Lipinski definition) is 2. The van der Waals surface area contributed by atoms with Crippen LogP contribution in [0, 0.1) is 0 Å². The van der Waals surface area contributed by atoms with Crippen LogP contribution in [0.1, 0.15) is 23.3 Å². The van der Waals surface area contributed by atoms with Crippen LogP contribution in [0.2, 0.25) is 5.02 Å². The molecule has 0 aliphatic carbocycles. The highest BCUT2D eigenvalue weighted by Crippen LogP contribution is 2.34. The molecule has 4 aromatic rings. The van der Waals surface area contributed by atoms with Crippen molar-refractivity contribution >= 4 is 49.6 Å². The van der Waals surface area contributed by atoms with Crippen LogP contribution in [0.3, 0.4) is 0 Å². The highest BCUT2D eigenvalue weighted by atomic mass is 35.5. The van der Waals surface area contributed by atoms with E-state index in [2.05, 4.69) is 9.88 Å². The van der Waals surface area contributed by atoms with E-state index in [4.69, 9.17) is 21.3 Å². The van der Waals surface area contributed by atoms with E-state index in [0.29, 0.717) is 17.9 Å². The minimum absolute atomic E-state index is 0.0474. The van der Waals surface area contributed by atoms with Gasteiger partial charge < -0.3 is 14.7 Å². The number of nitrogens with zero attached hydrogens (tertiary/aromatic N) is 2.